The zero-order valence-electron chi connectivity index (χ0n) is 16.4. The van der Waals surface area contributed by atoms with E-state index in [1.807, 2.05) is 6.92 Å². The van der Waals surface area contributed by atoms with E-state index in [9.17, 15) is 9.59 Å². The molecule has 0 amide bonds. The Labute approximate surface area is 160 Å². The standard InChI is InChI=1S/C22H28O5/c1-13-18(25-2)7-17(8-19(13)26-3)21(24)27-12-20(23)22-9-14-4-15(10-22)6-16(5-14)11-22/h7-8,14-16H,4-6,9-12H2,1-3H3. The first kappa shape index (κ1) is 18.3. The molecule has 4 aliphatic carbocycles. The summed E-state index contributed by atoms with van der Waals surface area (Å²) in [5, 5.41) is 0. The number of carbonyl (C=O) groups excluding carboxylic acids is 2. The molecule has 0 aliphatic heterocycles. The molecular weight excluding hydrogens is 344 g/mol. The number of ketones is 1. The second-order valence-electron chi connectivity index (χ2n) is 8.70. The van der Waals surface area contributed by atoms with E-state index in [2.05, 4.69) is 0 Å². The highest BCUT2D eigenvalue weighted by atomic mass is 16.5. The van der Waals surface area contributed by atoms with Crippen LogP contribution in [-0.4, -0.2) is 32.6 Å². The molecular formula is C22H28O5. The molecule has 0 atom stereocenters. The van der Waals surface area contributed by atoms with Crippen molar-refractivity contribution >= 4 is 11.8 Å². The van der Waals surface area contributed by atoms with Crippen molar-refractivity contribution in [2.45, 2.75) is 45.4 Å². The SMILES string of the molecule is COc1cc(C(=O)OCC(=O)C23CC4CC(CC(C4)C2)C3)cc(OC)c1C. The Balaban J connectivity index is 1.44. The lowest BCUT2D eigenvalue weighted by molar-refractivity contribution is -0.147. The van der Waals surface area contributed by atoms with Crippen molar-refractivity contribution < 1.29 is 23.8 Å². The van der Waals surface area contributed by atoms with Crippen LogP contribution >= 0.6 is 0 Å². The lowest BCUT2D eigenvalue weighted by atomic mass is 9.48. The van der Waals surface area contributed by atoms with Crippen molar-refractivity contribution in [2.24, 2.45) is 23.2 Å². The van der Waals surface area contributed by atoms with Crippen LogP contribution in [0.3, 0.4) is 0 Å². The van der Waals surface area contributed by atoms with Gasteiger partial charge in [-0.05, 0) is 75.3 Å². The van der Waals surface area contributed by atoms with Crippen LogP contribution < -0.4 is 9.47 Å². The summed E-state index contributed by atoms with van der Waals surface area (Å²) in [6, 6.07) is 3.27. The maximum absolute atomic E-state index is 13.0. The van der Waals surface area contributed by atoms with E-state index < -0.39 is 5.97 Å². The van der Waals surface area contributed by atoms with Gasteiger partial charge in [-0.25, -0.2) is 4.79 Å². The van der Waals surface area contributed by atoms with E-state index in [0.717, 1.165) is 24.8 Å². The largest absolute Gasteiger partial charge is 0.496 e. The molecule has 27 heavy (non-hydrogen) atoms. The van der Waals surface area contributed by atoms with Gasteiger partial charge in [0.05, 0.1) is 19.8 Å². The van der Waals surface area contributed by atoms with Crippen molar-refractivity contribution in [3.63, 3.8) is 0 Å². The second-order valence-corrected chi connectivity index (χ2v) is 8.70. The molecule has 0 N–H and O–H groups in total. The molecule has 4 bridgehead atoms. The Morgan fingerprint density at radius 1 is 0.963 bits per heavy atom. The predicted octanol–water partition coefficient (Wildman–Crippen LogP) is 3.95. The summed E-state index contributed by atoms with van der Waals surface area (Å²) < 4.78 is 16.0. The molecule has 0 aromatic heterocycles. The fourth-order valence-electron chi connectivity index (χ4n) is 6.02. The van der Waals surface area contributed by atoms with E-state index in [0.29, 0.717) is 34.8 Å². The first-order valence-corrected chi connectivity index (χ1v) is 9.87. The average Bonchev–Trinajstić information content (AvgIpc) is 2.64. The van der Waals surface area contributed by atoms with E-state index in [1.165, 1.54) is 19.3 Å². The highest BCUT2D eigenvalue weighted by Crippen LogP contribution is 2.60. The lowest BCUT2D eigenvalue weighted by Crippen LogP contribution is -2.51. The van der Waals surface area contributed by atoms with Gasteiger partial charge in [0, 0.05) is 11.0 Å². The molecule has 4 fully saturated rings. The highest BCUT2D eigenvalue weighted by molar-refractivity contribution is 5.94. The third kappa shape index (κ3) is 3.21. The van der Waals surface area contributed by atoms with Crippen LogP contribution in [0.5, 0.6) is 11.5 Å². The average molecular weight is 372 g/mol. The molecule has 4 saturated carbocycles. The van der Waals surface area contributed by atoms with Crippen molar-refractivity contribution in [2.75, 3.05) is 20.8 Å². The Morgan fingerprint density at radius 3 is 1.89 bits per heavy atom. The van der Waals surface area contributed by atoms with E-state index in [4.69, 9.17) is 14.2 Å². The minimum absolute atomic E-state index is 0.112. The number of hydrogen-bond acceptors (Lipinski definition) is 5. The fourth-order valence-corrected chi connectivity index (χ4v) is 6.02. The van der Waals surface area contributed by atoms with Gasteiger partial charge in [0.25, 0.3) is 0 Å². The summed E-state index contributed by atoms with van der Waals surface area (Å²) in [7, 11) is 3.10. The monoisotopic (exact) mass is 372 g/mol. The van der Waals surface area contributed by atoms with Gasteiger partial charge >= 0.3 is 5.97 Å². The molecule has 0 spiro atoms. The number of benzene rings is 1. The number of esters is 1. The zero-order valence-corrected chi connectivity index (χ0v) is 16.4. The Morgan fingerprint density at radius 2 is 1.44 bits per heavy atom. The van der Waals surface area contributed by atoms with Crippen molar-refractivity contribution in [3.05, 3.63) is 23.3 Å². The van der Waals surface area contributed by atoms with Crippen LogP contribution in [0.15, 0.2) is 12.1 Å². The normalized spacial score (nSPS) is 30.9. The topological polar surface area (TPSA) is 61.8 Å². The molecule has 0 heterocycles. The van der Waals surface area contributed by atoms with Crippen LogP contribution in [0.4, 0.5) is 0 Å². The Bertz CT molecular complexity index is 706. The molecule has 0 saturated heterocycles. The smallest absolute Gasteiger partial charge is 0.338 e. The summed E-state index contributed by atoms with van der Waals surface area (Å²) in [4.78, 5) is 25.5. The molecule has 1 aromatic carbocycles. The molecule has 5 heteroatoms. The predicted molar refractivity (Wildman–Crippen MR) is 100 cm³/mol. The molecule has 1 aromatic rings. The maximum Gasteiger partial charge on any atom is 0.338 e. The molecule has 4 aliphatic rings. The van der Waals surface area contributed by atoms with Crippen molar-refractivity contribution in [1.29, 1.82) is 0 Å². The number of hydrogen-bond donors (Lipinski definition) is 0. The number of methoxy groups -OCH3 is 2. The number of rotatable bonds is 6. The Kier molecular flexibility index (Phi) is 4.65. The summed E-state index contributed by atoms with van der Waals surface area (Å²) in [5.41, 5.74) is 0.923. The number of ether oxygens (including phenoxy) is 3. The maximum atomic E-state index is 13.0. The van der Waals surface area contributed by atoms with Gasteiger partial charge in [0.15, 0.2) is 12.4 Å². The summed E-state index contributed by atoms with van der Waals surface area (Å²) >= 11 is 0. The third-order valence-corrected chi connectivity index (χ3v) is 6.95. The van der Waals surface area contributed by atoms with Gasteiger partial charge in [-0.15, -0.1) is 0 Å². The van der Waals surface area contributed by atoms with E-state index in [1.54, 1.807) is 26.4 Å². The van der Waals surface area contributed by atoms with Crippen LogP contribution in [0.2, 0.25) is 0 Å². The first-order chi connectivity index (χ1) is 12.9. The fraction of sp³-hybridized carbons (Fsp3) is 0.636. The zero-order chi connectivity index (χ0) is 19.2. The number of Topliss-reactive ketones (excluding diaryl/α,β-unsaturated/α-hetero) is 1. The van der Waals surface area contributed by atoms with Crippen LogP contribution in [0.25, 0.3) is 0 Å². The van der Waals surface area contributed by atoms with Crippen molar-refractivity contribution in [3.8, 4) is 11.5 Å². The van der Waals surface area contributed by atoms with Gasteiger partial charge in [-0.1, -0.05) is 0 Å². The third-order valence-electron chi connectivity index (χ3n) is 6.95. The van der Waals surface area contributed by atoms with Gasteiger partial charge in [-0.3, -0.25) is 4.79 Å². The van der Waals surface area contributed by atoms with Gasteiger partial charge < -0.3 is 14.2 Å². The molecule has 0 radical (unpaired) electrons. The molecule has 146 valence electrons. The molecule has 5 nitrogen and oxygen atoms in total. The van der Waals surface area contributed by atoms with Crippen LogP contribution in [0, 0.1) is 30.1 Å². The molecule has 5 rings (SSSR count). The quantitative estimate of drug-likeness (QED) is 0.708. The first-order valence-electron chi connectivity index (χ1n) is 9.87. The van der Waals surface area contributed by atoms with E-state index in [-0.39, 0.29) is 17.8 Å². The lowest BCUT2D eigenvalue weighted by Gasteiger charge is -2.55. The van der Waals surface area contributed by atoms with Crippen LogP contribution in [-0.2, 0) is 9.53 Å². The second kappa shape index (κ2) is 6.84. The minimum atomic E-state index is -0.510. The van der Waals surface area contributed by atoms with Gasteiger partial charge in [-0.2, -0.15) is 0 Å². The summed E-state index contributed by atoms with van der Waals surface area (Å²) in [5.74, 6) is 2.82. The van der Waals surface area contributed by atoms with Crippen molar-refractivity contribution in [1.82, 2.24) is 0 Å². The highest BCUT2D eigenvalue weighted by Gasteiger charge is 2.54. The number of carbonyl (C=O) groups is 2. The van der Waals surface area contributed by atoms with Gasteiger partial charge in [0.1, 0.15) is 11.5 Å². The minimum Gasteiger partial charge on any atom is -0.496 e. The van der Waals surface area contributed by atoms with E-state index >= 15 is 0 Å². The Hall–Kier alpha value is -2.04. The van der Waals surface area contributed by atoms with Gasteiger partial charge in [0.2, 0.25) is 0 Å². The molecule has 0 unspecified atom stereocenters. The summed E-state index contributed by atoms with van der Waals surface area (Å²) in [6.45, 7) is 1.73. The van der Waals surface area contributed by atoms with Crippen LogP contribution in [0.1, 0.15) is 54.4 Å². The summed E-state index contributed by atoms with van der Waals surface area (Å²) in [6.07, 6.45) is 6.82.